The van der Waals surface area contributed by atoms with Crippen LogP contribution >= 0.6 is 15.9 Å². The molecular formula is C14H11BrN4. The van der Waals surface area contributed by atoms with Crippen LogP contribution in [0.3, 0.4) is 0 Å². The Bertz CT molecular complexity index is 706. The highest BCUT2D eigenvalue weighted by molar-refractivity contribution is 9.10. The zero-order valence-corrected chi connectivity index (χ0v) is 11.6. The number of hydrogen-bond donors (Lipinski definition) is 1. The van der Waals surface area contributed by atoms with Gasteiger partial charge in [-0.1, -0.05) is 28.1 Å². The third kappa shape index (κ3) is 2.37. The van der Waals surface area contributed by atoms with Crippen LogP contribution in [0.15, 0.2) is 59.3 Å². The van der Waals surface area contributed by atoms with E-state index in [0.29, 0.717) is 5.82 Å². The Hall–Kier alpha value is -2.14. The van der Waals surface area contributed by atoms with Crippen molar-refractivity contribution in [2.45, 2.75) is 0 Å². The molecule has 0 bridgehead atoms. The summed E-state index contributed by atoms with van der Waals surface area (Å²) in [6.45, 7) is 0. The lowest BCUT2D eigenvalue weighted by Gasteiger charge is -2.02. The Morgan fingerprint density at radius 3 is 2.58 bits per heavy atom. The summed E-state index contributed by atoms with van der Waals surface area (Å²) in [6, 6.07) is 13.6. The van der Waals surface area contributed by atoms with Gasteiger partial charge in [-0.2, -0.15) is 5.10 Å². The second-order valence-corrected chi connectivity index (χ2v) is 5.00. The fourth-order valence-electron chi connectivity index (χ4n) is 1.88. The van der Waals surface area contributed by atoms with E-state index in [4.69, 9.17) is 5.73 Å². The van der Waals surface area contributed by atoms with Crippen molar-refractivity contribution in [2.75, 3.05) is 5.73 Å². The Kier molecular flexibility index (Phi) is 3.05. The van der Waals surface area contributed by atoms with Crippen LogP contribution < -0.4 is 5.73 Å². The molecule has 0 unspecified atom stereocenters. The fraction of sp³-hybridized carbons (Fsp3) is 0. The molecule has 0 spiro atoms. The Balaban J connectivity index is 2.07. The number of rotatable bonds is 2. The summed E-state index contributed by atoms with van der Waals surface area (Å²) in [5.41, 5.74) is 8.78. The van der Waals surface area contributed by atoms with Gasteiger partial charge in [-0.3, -0.25) is 4.98 Å². The molecule has 2 aromatic heterocycles. The summed E-state index contributed by atoms with van der Waals surface area (Å²) in [6.07, 6.45) is 3.43. The number of nitrogens with zero attached hydrogens (tertiary/aromatic N) is 3. The van der Waals surface area contributed by atoms with Crippen LogP contribution in [0.4, 0.5) is 5.82 Å². The molecule has 0 amide bonds. The smallest absolute Gasteiger partial charge is 0.127 e. The van der Waals surface area contributed by atoms with Gasteiger partial charge in [0.25, 0.3) is 0 Å². The molecule has 0 fully saturated rings. The molecule has 3 aromatic rings. The maximum atomic E-state index is 6.02. The highest BCUT2D eigenvalue weighted by atomic mass is 79.9. The van der Waals surface area contributed by atoms with E-state index in [0.717, 1.165) is 21.4 Å². The normalized spacial score (nSPS) is 10.6. The molecule has 0 aliphatic heterocycles. The lowest BCUT2D eigenvalue weighted by molar-refractivity contribution is 0.892. The average molecular weight is 315 g/mol. The van der Waals surface area contributed by atoms with Crippen LogP contribution in [0.25, 0.3) is 16.9 Å². The van der Waals surface area contributed by atoms with Crippen molar-refractivity contribution in [1.29, 1.82) is 0 Å². The predicted molar refractivity (Wildman–Crippen MR) is 78.9 cm³/mol. The van der Waals surface area contributed by atoms with E-state index in [1.807, 2.05) is 42.5 Å². The molecule has 0 aliphatic rings. The molecule has 4 nitrogen and oxygen atoms in total. The van der Waals surface area contributed by atoms with Crippen molar-refractivity contribution in [3.05, 3.63) is 59.3 Å². The maximum absolute atomic E-state index is 6.02. The van der Waals surface area contributed by atoms with Gasteiger partial charge >= 0.3 is 0 Å². The highest BCUT2D eigenvalue weighted by Gasteiger charge is 2.08. The number of nitrogens with two attached hydrogens (primary N) is 1. The summed E-state index contributed by atoms with van der Waals surface area (Å²) in [5, 5.41) is 4.53. The quantitative estimate of drug-likeness (QED) is 0.789. The zero-order valence-electron chi connectivity index (χ0n) is 9.99. The first-order valence-electron chi connectivity index (χ1n) is 5.76. The molecule has 5 heteroatoms. The number of hydrogen-bond acceptors (Lipinski definition) is 3. The van der Waals surface area contributed by atoms with E-state index in [-0.39, 0.29) is 0 Å². The van der Waals surface area contributed by atoms with Gasteiger partial charge in [-0.25, -0.2) is 4.68 Å². The van der Waals surface area contributed by atoms with Gasteiger partial charge in [0.2, 0.25) is 0 Å². The molecule has 0 aliphatic carbocycles. The Morgan fingerprint density at radius 2 is 1.84 bits per heavy atom. The molecule has 0 atom stereocenters. The van der Waals surface area contributed by atoms with E-state index in [1.54, 1.807) is 17.1 Å². The van der Waals surface area contributed by atoms with Crippen LogP contribution in [0, 0.1) is 0 Å². The SMILES string of the molecule is Nc1cc(-c2cccc(Br)c2)nn1-c1ccncc1. The molecule has 19 heavy (non-hydrogen) atoms. The number of halogens is 1. The lowest BCUT2D eigenvalue weighted by Crippen LogP contribution is -2.01. The second-order valence-electron chi connectivity index (χ2n) is 4.08. The predicted octanol–water partition coefficient (Wildman–Crippen LogP) is 3.28. The molecule has 2 N–H and O–H groups in total. The average Bonchev–Trinajstić information content (AvgIpc) is 2.82. The first-order valence-corrected chi connectivity index (χ1v) is 6.55. The monoisotopic (exact) mass is 314 g/mol. The molecule has 0 saturated heterocycles. The minimum absolute atomic E-state index is 0.598. The van der Waals surface area contributed by atoms with Crippen LogP contribution in [0.1, 0.15) is 0 Å². The second kappa shape index (κ2) is 4.85. The molecule has 94 valence electrons. The summed E-state index contributed by atoms with van der Waals surface area (Å²) < 4.78 is 2.72. The summed E-state index contributed by atoms with van der Waals surface area (Å²) in [7, 11) is 0. The largest absolute Gasteiger partial charge is 0.384 e. The van der Waals surface area contributed by atoms with Gasteiger partial charge in [-0.15, -0.1) is 0 Å². The van der Waals surface area contributed by atoms with E-state index < -0.39 is 0 Å². The van der Waals surface area contributed by atoms with Crippen LogP contribution in [0.2, 0.25) is 0 Å². The van der Waals surface area contributed by atoms with E-state index in [9.17, 15) is 0 Å². The molecule has 0 radical (unpaired) electrons. The van der Waals surface area contributed by atoms with Crippen molar-refractivity contribution < 1.29 is 0 Å². The van der Waals surface area contributed by atoms with Crippen molar-refractivity contribution in [3.8, 4) is 16.9 Å². The standard InChI is InChI=1S/C14H11BrN4/c15-11-3-1-2-10(8-11)13-9-14(16)19(18-13)12-4-6-17-7-5-12/h1-9H,16H2. The number of anilines is 1. The lowest BCUT2D eigenvalue weighted by atomic mass is 10.2. The van der Waals surface area contributed by atoms with Crippen LogP contribution in [0.5, 0.6) is 0 Å². The summed E-state index contributed by atoms with van der Waals surface area (Å²) in [4.78, 5) is 3.99. The Labute approximate surface area is 119 Å². The molecule has 3 rings (SSSR count). The molecular weight excluding hydrogens is 304 g/mol. The van der Waals surface area contributed by atoms with Gasteiger partial charge in [0.15, 0.2) is 0 Å². The van der Waals surface area contributed by atoms with E-state index in [2.05, 4.69) is 26.0 Å². The van der Waals surface area contributed by atoms with Gasteiger partial charge in [0.05, 0.1) is 11.4 Å². The van der Waals surface area contributed by atoms with Gasteiger partial charge < -0.3 is 5.73 Å². The van der Waals surface area contributed by atoms with Crippen molar-refractivity contribution in [3.63, 3.8) is 0 Å². The molecule has 2 heterocycles. The van der Waals surface area contributed by atoms with Gasteiger partial charge in [0.1, 0.15) is 5.82 Å². The first-order chi connectivity index (χ1) is 9.24. The van der Waals surface area contributed by atoms with E-state index >= 15 is 0 Å². The van der Waals surface area contributed by atoms with Crippen LogP contribution in [-0.4, -0.2) is 14.8 Å². The van der Waals surface area contributed by atoms with E-state index in [1.165, 1.54) is 0 Å². The topological polar surface area (TPSA) is 56.7 Å². The third-order valence-electron chi connectivity index (χ3n) is 2.76. The summed E-state index contributed by atoms with van der Waals surface area (Å²) >= 11 is 3.46. The van der Waals surface area contributed by atoms with Crippen LogP contribution in [-0.2, 0) is 0 Å². The minimum Gasteiger partial charge on any atom is -0.384 e. The van der Waals surface area contributed by atoms with Crippen molar-refractivity contribution >= 4 is 21.7 Å². The third-order valence-corrected chi connectivity index (χ3v) is 3.26. The number of pyridine rings is 1. The van der Waals surface area contributed by atoms with Crippen molar-refractivity contribution in [2.24, 2.45) is 0 Å². The van der Waals surface area contributed by atoms with Gasteiger partial charge in [-0.05, 0) is 24.3 Å². The zero-order chi connectivity index (χ0) is 13.2. The summed E-state index contributed by atoms with van der Waals surface area (Å²) in [5.74, 6) is 0.598. The highest BCUT2D eigenvalue weighted by Crippen LogP contribution is 2.25. The Morgan fingerprint density at radius 1 is 1.05 bits per heavy atom. The maximum Gasteiger partial charge on any atom is 0.127 e. The number of aromatic nitrogens is 3. The van der Waals surface area contributed by atoms with Gasteiger partial charge in [0, 0.05) is 28.5 Å². The first kappa shape index (κ1) is 11.9. The molecule has 0 saturated carbocycles. The van der Waals surface area contributed by atoms with Crippen molar-refractivity contribution in [1.82, 2.24) is 14.8 Å². The fourth-order valence-corrected chi connectivity index (χ4v) is 2.28. The minimum atomic E-state index is 0.598. The molecule has 1 aromatic carbocycles. The number of benzene rings is 1. The number of nitrogen functional groups attached to an aromatic ring is 1.